The lowest BCUT2D eigenvalue weighted by Gasteiger charge is -2.31. The summed E-state index contributed by atoms with van der Waals surface area (Å²) in [6.45, 7) is 8.51. The lowest BCUT2D eigenvalue weighted by molar-refractivity contribution is -0.129. The van der Waals surface area contributed by atoms with E-state index in [4.69, 9.17) is 0 Å². The summed E-state index contributed by atoms with van der Waals surface area (Å²) in [6, 6.07) is 2.02. The van der Waals surface area contributed by atoms with Gasteiger partial charge in [0.25, 0.3) is 0 Å². The van der Waals surface area contributed by atoms with E-state index in [0.717, 1.165) is 22.3 Å². The van der Waals surface area contributed by atoms with E-state index in [9.17, 15) is 18.0 Å². The molecule has 2 amide bonds. The fraction of sp³-hybridized carbons (Fsp3) is 0.619. The Balaban J connectivity index is 2.02. The summed E-state index contributed by atoms with van der Waals surface area (Å²) < 4.78 is 28.1. The van der Waals surface area contributed by atoms with Gasteiger partial charge in [-0.25, -0.2) is 8.42 Å². The Morgan fingerprint density at radius 3 is 2.07 bits per heavy atom. The molecule has 0 unspecified atom stereocenters. The molecule has 1 saturated heterocycles. The number of nitrogens with zero attached hydrogens (tertiary/aromatic N) is 2. The van der Waals surface area contributed by atoms with Crippen LogP contribution in [0.1, 0.15) is 41.5 Å². The first-order valence-corrected chi connectivity index (χ1v) is 11.5. The van der Waals surface area contributed by atoms with Crippen LogP contribution in [0.15, 0.2) is 11.0 Å². The molecule has 0 saturated carbocycles. The van der Waals surface area contributed by atoms with E-state index in [-0.39, 0.29) is 24.2 Å². The molecule has 2 rings (SSSR count). The first-order valence-electron chi connectivity index (χ1n) is 10.0. The normalized spacial score (nSPS) is 15.9. The maximum absolute atomic E-state index is 13.3. The van der Waals surface area contributed by atoms with Gasteiger partial charge in [0.1, 0.15) is 0 Å². The van der Waals surface area contributed by atoms with Gasteiger partial charge in [-0.2, -0.15) is 4.31 Å². The highest BCUT2D eigenvalue weighted by Crippen LogP contribution is 2.31. The minimum atomic E-state index is -3.60. The monoisotopic (exact) mass is 423 g/mol. The van der Waals surface area contributed by atoms with Crippen molar-refractivity contribution in [1.82, 2.24) is 14.5 Å². The van der Waals surface area contributed by atoms with Crippen molar-refractivity contribution in [3.63, 3.8) is 0 Å². The molecule has 0 spiro atoms. The van der Waals surface area contributed by atoms with E-state index in [1.54, 1.807) is 14.1 Å². The Labute approximate surface area is 174 Å². The van der Waals surface area contributed by atoms with E-state index in [0.29, 0.717) is 37.4 Å². The summed E-state index contributed by atoms with van der Waals surface area (Å²) >= 11 is 0. The number of carbonyl (C=O) groups excluding carboxylic acids is 2. The van der Waals surface area contributed by atoms with Crippen LogP contribution in [0.3, 0.4) is 0 Å². The van der Waals surface area contributed by atoms with E-state index >= 15 is 0 Å². The quantitative estimate of drug-likeness (QED) is 0.757. The van der Waals surface area contributed by atoms with Gasteiger partial charge >= 0.3 is 0 Å². The highest BCUT2D eigenvalue weighted by molar-refractivity contribution is 7.89. The topological polar surface area (TPSA) is 86.8 Å². The van der Waals surface area contributed by atoms with Crippen LogP contribution in [0.5, 0.6) is 0 Å². The van der Waals surface area contributed by atoms with Gasteiger partial charge in [-0.3, -0.25) is 9.59 Å². The number of sulfonamides is 1. The lowest BCUT2D eigenvalue weighted by Crippen LogP contribution is -2.43. The third-order valence-electron chi connectivity index (χ3n) is 5.86. The molecule has 0 aliphatic carbocycles. The van der Waals surface area contributed by atoms with E-state index < -0.39 is 10.0 Å². The fourth-order valence-corrected chi connectivity index (χ4v) is 5.76. The zero-order valence-electron chi connectivity index (χ0n) is 18.3. The highest BCUT2D eigenvalue weighted by atomic mass is 32.2. The van der Waals surface area contributed by atoms with Gasteiger partial charge in [0, 0.05) is 46.1 Å². The first-order chi connectivity index (χ1) is 13.5. The number of hydrogen-bond acceptors (Lipinski definition) is 4. The van der Waals surface area contributed by atoms with Gasteiger partial charge in [-0.1, -0.05) is 6.07 Å². The average molecular weight is 424 g/mol. The maximum Gasteiger partial charge on any atom is 0.243 e. The van der Waals surface area contributed by atoms with Crippen molar-refractivity contribution in [2.45, 2.75) is 51.9 Å². The van der Waals surface area contributed by atoms with Crippen LogP contribution in [-0.4, -0.2) is 63.2 Å². The van der Waals surface area contributed by atoms with Gasteiger partial charge in [0.15, 0.2) is 0 Å². The first kappa shape index (κ1) is 23.3. The van der Waals surface area contributed by atoms with Crippen molar-refractivity contribution < 1.29 is 18.0 Å². The molecule has 7 nitrogen and oxygen atoms in total. The number of piperidine rings is 1. The largest absolute Gasteiger partial charge is 0.355 e. The number of aryl methyl sites for hydroxylation is 2. The SMILES string of the molecule is Cc1cc(C)c(C)c(S(=O)(=O)N2CCC(C(=O)NCCC(=O)N(C)C)CC2)c1C. The molecule has 1 N–H and O–H groups in total. The Bertz CT molecular complexity index is 859. The van der Waals surface area contributed by atoms with Crippen LogP contribution in [0.25, 0.3) is 0 Å². The standard InChI is InChI=1S/C21H33N3O4S/c1-14-13-15(2)17(4)20(16(14)3)29(27,28)24-11-8-18(9-12-24)21(26)22-10-7-19(25)23(5)6/h13,18H,7-12H2,1-6H3,(H,22,26). The fourth-order valence-electron chi connectivity index (χ4n) is 3.72. The summed E-state index contributed by atoms with van der Waals surface area (Å²) in [5.41, 5.74) is 3.51. The van der Waals surface area contributed by atoms with Gasteiger partial charge < -0.3 is 10.2 Å². The minimum absolute atomic E-state index is 0.0367. The van der Waals surface area contributed by atoms with Crippen molar-refractivity contribution in [3.05, 3.63) is 28.3 Å². The molecule has 8 heteroatoms. The predicted octanol–water partition coefficient (Wildman–Crippen LogP) is 1.92. The number of carbonyl (C=O) groups is 2. The number of benzene rings is 1. The van der Waals surface area contributed by atoms with Gasteiger partial charge in [-0.05, 0) is 62.8 Å². The van der Waals surface area contributed by atoms with E-state index in [2.05, 4.69) is 5.32 Å². The van der Waals surface area contributed by atoms with Crippen molar-refractivity contribution in [2.75, 3.05) is 33.7 Å². The van der Waals surface area contributed by atoms with E-state index in [1.165, 1.54) is 9.21 Å². The van der Waals surface area contributed by atoms with Gasteiger partial charge in [0.2, 0.25) is 21.8 Å². The molecule has 0 bridgehead atoms. The van der Waals surface area contributed by atoms with Crippen molar-refractivity contribution in [2.24, 2.45) is 5.92 Å². The molecule has 0 atom stereocenters. The summed E-state index contributed by atoms with van der Waals surface area (Å²) in [4.78, 5) is 25.9. The molecule has 1 aromatic carbocycles. The molecular weight excluding hydrogens is 390 g/mol. The third-order valence-corrected chi connectivity index (χ3v) is 8.03. The number of nitrogens with one attached hydrogen (secondary N) is 1. The molecule has 1 heterocycles. The zero-order chi connectivity index (χ0) is 21.9. The second-order valence-electron chi connectivity index (χ2n) is 8.10. The molecule has 1 aromatic rings. The minimum Gasteiger partial charge on any atom is -0.355 e. The Morgan fingerprint density at radius 2 is 1.59 bits per heavy atom. The molecule has 0 aromatic heterocycles. The summed E-state index contributed by atoms with van der Waals surface area (Å²) in [5, 5.41) is 2.80. The van der Waals surface area contributed by atoms with E-state index in [1.807, 2.05) is 33.8 Å². The Kier molecular flexibility index (Phi) is 7.45. The van der Waals surface area contributed by atoms with Crippen LogP contribution >= 0.6 is 0 Å². The average Bonchev–Trinajstić information content (AvgIpc) is 2.66. The summed E-state index contributed by atoms with van der Waals surface area (Å²) in [6.07, 6.45) is 1.22. The number of amides is 2. The molecule has 1 aliphatic heterocycles. The zero-order valence-corrected chi connectivity index (χ0v) is 19.1. The molecule has 0 radical (unpaired) electrons. The lowest BCUT2D eigenvalue weighted by atomic mass is 9.97. The van der Waals surface area contributed by atoms with Crippen LogP contribution in [0.4, 0.5) is 0 Å². The smallest absolute Gasteiger partial charge is 0.243 e. The van der Waals surface area contributed by atoms with Crippen LogP contribution in [0.2, 0.25) is 0 Å². The third kappa shape index (κ3) is 5.17. The highest BCUT2D eigenvalue weighted by Gasteiger charge is 2.34. The van der Waals surface area contributed by atoms with Crippen LogP contribution in [0, 0.1) is 33.6 Å². The summed E-state index contributed by atoms with van der Waals surface area (Å²) in [5.74, 6) is -0.366. The van der Waals surface area contributed by atoms with Gasteiger partial charge in [0.05, 0.1) is 4.90 Å². The maximum atomic E-state index is 13.3. The molecule has 1 fully saturated rings. The number of hydrogen-bond donors (Lipinski definition) is 1. The Morgan fingerprint density at radius 1 is 1.07 bits per heavy atom. The Hall–Kier alpha value is -1.93. The summed E-state index contributed by atoms with van der Waals surface area (Å²) in [7, 11) is -0.244. The van der Waals surface area contributed by atoms with Gasteiger partial charge in [-0.15, -0.1) is 0 Å². The van der Waals surface area contributed by atoms with Crippen LogP contribution in [-0.2, 0) is 19.6 Å². The van der Waals surface area contributed by atoms with Crippen molar-refractivity contribution >= 4 is 21.8 Å². The molecule has 1 aliphatic rings. The van der Waals surface area contributed by atoms with Crippen molar-refractivity contribution in [1.29, 1.82) is 0 Å². The predicted molar refractivity (Wildman–Crippen MR) is 113 cm³/mol. The molecule has 29 heavy (non-hydrogen) atoms. The second kappa shape index (κ2) is 9.26. The second-order valence-corrected chi connectivity index (χ2v) is 9.97. The molecular formula is C21H33N3O4S. The number of rotatable bonds is 6. The van der Waals surface area contributed by atoms with Crippen LogP contribution < -0.4 is 5.32 Å². The molecule has 162 valence electrons. The van der Waals surface area contributed by atoms with Crippen molar-refractivity contribution in [3.8, 4) is 0 Å².